The van der Waals surface area contributed by atoms with E-state index in [2.05, 4.69) is 20.9 Å². The first kappa shape index (κ1) is 28.9. The molecular formula is C28H38N6O6. The van der Waals surface area contributed by atoms with Crippen molar-refractivity contribution in [3.05, 3.63) is 30.0 Å². The molecule has 216 valence electrons. The van der Waals surface area contributed by atoms with Crippen molar-refractivity contribution in [2.24, 2.45) is 11.8 Å². The molecule has 12 heteroatoms. The summed E-state index contributed by atoms with van der Waals surface area (Å²) < 4.78 is 10.9. The molecule has 4 rings (SSSR count). The van der Waals surface area contributed by atoms with Crippen LogP contribution in [0.25, 0.3) is 10.9 Å². The molecule has 0 spiro atoms. The highest BCUT2D eigenvalue weighted by atomic mass is 16.6. The molecule has 3 heterocycles. The average Bonchev–Trinajstić information content (AvgIpc) is 3.61. The molecule has 0 bridgehead atoms. The van der Waals surface area contributed by atoms with Gasteiger partial charge in [0.15, 0.2) is 6.10 Å². The molecular weight excluding hydrogens is 516 g/mol. The molecule has 0 aliphatic carbocycles. The Morgan fingerprint density at radius 3 is 2.67 bits per heavy atom. The zero-order valence-electron chi connectivity index (χ0n) is 23.3. The first-order valence-electron chi connectivity index (χ1n) is 13.7. The molecule has 2 aromatic rings. The van der Waals surface area contributed by atoms with Gasteiger partial charge in [-0.2, -0.15) is 0 Å². The van der Waals surface area contributed by atoms with Gasteiger partial charge in [-0.25, -0.2) is 4.79 Å². The summed E-state index contributed by atoms with van der Waals surface area (Å²) in [6.07, 6.45) is 0.0764. The number of fused-ring (bicyclic) bond motifs is 1. The third-order valence-corrected chi connectivity index (χ3v) is 7.27. The number of cyclic esters (lactones) is 1. The van der Waals surface area contributed by atoms with Crippen molar-refractivity contribution in [2.45, 2.75) is 64.6 Å². The Bertz CT molecular complexity index is 1290. The highest BCUT2D eigenvalue weighted by Crippen LogP contribution is 2.27. The summed E-state index contributed by atoms with van der Waals surface area (Å²) in [5.74, 6) is -0.823. The molecule has 2 saturated heterocycles. The number of hydrogen-bond acceptors (Lipinski definition) is 7. The number of carbonyl (C=O) groups is 4. The van der Waals surface area contributed by atoms with Gasteiger partial charge >= 0.3 is 6.09 Å². The summed E-state index contributed by atoms with van der Waals surface area (Å²) in [4.78, 5) is 56.1. The van der Waals surface area contributed by atoms with Gasteiger partial charge in [0.1, 0.15) is 23.3 Å². The second-order valence-corrected chi connectivity index (χ2v) is 10.7. The number of hydrogen-bond donors (Lipinski definition) is 5. The second-order valence-electron chi connectivity index (χ2n) is 10.7. The number of benzene rings is 1. The van der Waals surface area contributed by atoms with E-state index in [0.29, 0.717) is 38.1 Å². The normalized spacial score (nSPS) is 20.4. The lowest BCUT2D eigenvalue weighted by atomic mass is 9.93. The average molecular weight is 555 g/mol. The van der Waals surface area contributed by atoms with E-state index in [-0.39, 0.29) is 29.8 Å². The van der Waals surface area contributed by atoms with Crippen LogP contribution in [0.15, 0.2) is 24.3 Å². The number of amidine groups is 1. The maximum Gasteiger partial charge on any atom is 0.416 e. The third kappa shape index (κ3) is 6.21. The number of amides is 4. The summed E-state index contributed by atoms with van der Waals surface area (Å²) in [5.41, 5.74) is 1.00. The van der Waals surface area contributed by atoms with Crippen LogP contribution in [0.3, 0.4) is 0 Å². The van der Waals surface area contributed by atoms with Gasteiger partial charge in [-0.15, -0.1) is 0 Å². The van der Waals surface area contributed by atoms with E-state index in [1.807, 2.05) is 32.9 Å². The lowest BCUT2D eigenvalue weighted by Crippen LogP contribution is -2.55. The van der Waals surface area contributed by atoms with Crippen molar-refractivity contribution in [3.63, 3.8) is 0 Å². The minimum Gasteiger partial charge on any atom is -0.496 e. The van der Waals surface area contributed by atoms with E-state index >= 15 is 0 Å². The number of ether oxygens (including phenoxy) is 2. The standard InChI is InChI=1S/C28H38N6O6/c1-5-11-34-24(29)23(40-28(34)38)19(13-16-9-10-30-25(16)35)32-26(36)20(12-15(2)3)33-27(37)21-14-17-18(31-21)7-6-8-22(17)39-4/h6-8,14-16,19-20,23,29,31H,5,9-13H2,1-4H3,(H,30,35)(H,32,36)(H,33,37)/t16-,19-,20-,23?/m0/s1. The summed E-state index contributed by atoms with van der Waals surface area (Å²) in [5, 5.41) is 17.9. The Morgan fingerprint density at radius 2 is 2.02 bits per heavy atom. The number of rotatable bonds is 12. The number of H-pyrrole nitrogens is 1. The zero-order chi connectivity index (χ0) is 29.0. The van der Waals surface area contributed by atoms with Crippen LogP contribution in [0.2, 0.25) is 0 Å². The molecule has 1 aromatic heterocycles. The second kappa shape index (κ2) is 12.4. The number of aromatic amines is 1. The monoisotopic (exact) mass is 554 g/mol. The molecule has 12 nitrogen and oxygen atoms in total. The Balaban J connectivity index is 1.55. The SMILES string of the molecule is CCCN1C(=N)C([C@H](C[C@@H]2CCNC2=O)NC(=O)[C@H](CC(C)C)NC(=O)c2cc3c(OC)cccc3[nH]2)OC1=O. The molecule has 1 unspecified atom stereocenters. The van der Waals surface area contributed by atoms with Crippen molar-refractivity contribution < 1.29 is 28.7 Å². The molecule has 0 saturated carbocycles. The number of nitrogens with one attached hydrogen (secondary N) is 5. The number of methoxy groups -OCH3 is 1. The molecule has 4 amide bonds. The molecule has 40 heavy (non-hydrogen) atoms. The number of carbonyl (C=O) groups excluding carboxylic acids is 4. The van der Waals surface area contributed by atoms with Gasteiger partial charge in [0, 0.05) is 29.9 Å². The predicted molar refractivity (Wildman–Crippen MR) is 148 cm³/mol. The topological polar surface area (TPSA) is 166 Å². The van der Waals surface area contributed by atoms with Crippen molar-refractivity contribution in [1.29, 1.82) is 5.41 Å². The minimum absolute atomic E-state index is 0.0491. The van der Waals surface area contributed by atoms with Crippen molar-refractivity contribution in [1.82, 2.24) is 25.8 Å². The molecule has 2 aliphatic rings. The van der Waals surface area contributed by atoms with Gasteiger partial charge < -0.3 is 30.4 Å². The molecule has 2 aliphatic heterocycles. The first-order valence-corrected chi connectivity index (χ1v) is 13.7. The smallest absolute Gasteiger partial charge is 0.416 e. The van der Waals surface area contributed by atoms with Crippen LogP contribution in [0.4, 0.5) is 4.79 Å². The van der Waals surface area contributed by atoms with Gasteiger partial charge in [-0.3, -0.25) is 24.7 Å². The van der Waals surface area contributed by atoms with Gasteiger partial charge in [0.25, 0.3) is 5.91 Å². The fourth-order valence-electron chi connectivity index (χ4n) is 5.27. The van der Waals surface area contributed by atoms with E-state index in [4.69, 9.17) is 14.9 Å². The lowest BCUT2D eigenvalue weighted by molar-refractivity contribution is -0.126. The Morgan fingerprint density at radius 1 is 1.25 bits per heavy atom. The summed E-state index contributed by atoms with van der Waals surface area (Å²) in [6.45, 7) is 6.61. The van der Waals surface area contributed by atoms with Crippen LogP contribution in [0.5, 0.6) is 5.75 Å². The Kier molecular flexibility index (Phi) is 8.96. The van der Waals surface area contributed by atoms with E-state index in [9.17, 15) is 19.2 Å². The van der Waals surface area contributed by atoms with E-state index in [1.54, 1.807) is 19.2 Å². The Labute approximate surface area is 233 Å². The predicted octanol–water partition coefficient (Wildman–Crippen LogP) is 2.54. The maximum atomic E-state index is 13.7. The van der Waals surface area contributed by atoms with Gasteiger partial charge in [0.05, 0.1) is 13.2 Å². The third-order valence-electron chi connectivity index (χ3n) is 7.27. The summed E-state index contributed by atoms with van der Waals surface area (Å²) >= 11 is 0. The lowest BCUT2D eigenvalue weighted by Gasteiger charge is -2.28. The Hall–Kier alpha value is -4.09. The maximum absolute atomic E-state index is 13.7. The van der Waals surface area contributed by atoms with Crippen molar-refractivity contribution in [2.75, 3.05) is 20.2 Å². The van der Waals surface area contributed by atoms with Crippen LogP contribution in [0, 0.1) is 17.2 Å². The number of aromatic nitrogens is 1. The van der Waals surface area contributed by atoms with Crippen LogP contribution < -0.4 is 20.7 Å². The van der Waals surface area contributed by atoms with Gasteiger partial charge in [-0.1, -0.05) is 26.8 Å². The number of nitrogens with zero attached hydrogens (tertiary/aromatic N) is 1. The molecule has 2 fully saturated rings. The van der Waals surface area contributed by atoms with Crippen molar-refractivity contribution in [3.8, 4) is 5.75 Å². The van der Waals surface area contributed by atoms with Crippen LogP contribution in [0.1, 0.15) is 56.9 Å². The fourth-order valence-corrected chi connectivity index (χ4v) is 5.27. The van der Waals surface area contributed by atoms with Crippen LogP contribution in [-0.2, 0) is 14.3 Å². The van der Waals surface area contributed by atoms with E-state index < -0.39 is 42.0 Å². The van der Waals surface area contributed by atoms with Crippen LogP contribution >= 0.6 is 0 Å². The highest BCUT2D eigenvalue weighted by Gasteiger charge is 2.44. The fraction of sp³-hybridized carbons (Fsp3) is 0.536. The minimum atomic E-state index is -1.03. The van der Waals surface area contributed by atoms with E-state index in [1.165, 1.54) is 4.90 Å². The zero-order valence-corrected chi connectivity index (χ0v) is 23.3. The molecule has 4 atom stereocenters. The van der Waals surface area contributed by atoms with E-state index in [0.717, 1.165) is 10.9 Å². The van der Waals surface area contributed by atoms with Gasteiger partial charge in [0.2, 0.25) is 11.8 Å². The highest BCUT2D eigenvalue weighted by molar-refractivity contribution is 6.03. The molecule has 0 radical (unpaired) electrons. The van der Waals surface area contributed by atoms with Crippen molar-refractivity contribution >= 4 is 40.6 Å². The largest absolute Gasteiger partial charge is 0.496 e. The van der Waals surface area contributed by atoms with Crippen LogP contribution in [-0.4, -0.2) is 77.9 Å². The quantitative estimate of drug-likeness (QED) is 0.270. The summed E-state index contributed by atoms with van der Waals surface area (Å²) in [7, 11) is 1.55. The molecule has 1 aromatic carbocycles. The van der Waals surface area contributed by atoms with Gasteiger partial charge in [-0.05, 0) is 49.8 Å². The first-order chi connectivity index (χ1) is 19.1. The molecule has 5 N–H and O–H groups in total. The summed E-state index contributed by atoms with van der Waals surface area (Å²) in [6, 6.07) is 5.40.